The first-order valence-corrected chi connectivity index (χ1v) is 8.45. The van der Waals surface area contributed by atoms with Gasteiger partial charge < -0.3 is 0 Å². The summed E-state index contributed by atoms with van der Waals surface area (Å²) in [6.45, 7) is -16.9. The Morgan fingerprint density at radius 3 is 0.913 bits per heavy atom. The molecular weight excluding hydrogens is 441 g/mol. The predicted molar refractivity (Wildman–Crippen MR) is 58.0 cm³/mol. The highest BCUT2D eigenvalue weighted by Crippen LogP contribution is 2.83. The maximum Gasteiger partial charge on any atom is 0.388 e. The van der Waals surface area contributed by atoms with Crippen LogP contribution in [0, 0.1) is 0 Å². The molecule has 0 fully saturated rings. The molecule has 0 aliphatic carbocycles. The Morgan fingerprint density at radius 1 is 0.609 bits per heavy atom. The predicted octanol–water partition coefficient (Wildman–Crippen LogP) is 5.42. The number of alkyl halides is 10. The molecule has 6 nitrogen and oxygen atoms in total. The van der Waals surface area contributed by atoms with E-state index in [0.717, 1.165) is 0 Å². The molecule has 0 aromatic heterocycles. The van der Waals surface area contributed by atoms with E-state index >= 15 is 0 Å². The topological polar surface area (TPSA) is 71.1 Å². The molecule has 0 aliphatic heterocycles. The van der Waals surface area contributed by atoms with Gasteiger partial charge in [-0.2, -0.15) is 35.1 Å². The molecule has 0 unspecified atom stereocenters. The summed E-state index contributed by atoms with van der Waals surface area (Å²) in [5.74, 6) is 0. The van der Waals surface area contributed by atoms with Gasteiger partial charge in [-0.15, -0.1) is 0 Å². The van der Waals surface area contributed by atoms with Crippen LogP contribution in [-0.4, -0.2) is 30.3 Å². The Kier molecular flexibility index (Phi) is 8.73. The maximum absolute atomic E-state index is 12.1. The van der Waals surface area contributed by atoms with Gasteiger partial charge in [0.15, 0.2) is 0 Å². The van der Waals surface area contributed by atoms with Crippen molar-refractivity contribution in [3.63, 3.8) is 0 Å². The summed E-state index contributed by atoms with van der Waals surface area (Å²) in [4.78, 5) is 0. The van der Waals surface area contributed by atoms with Crippen molar-refractivity contribution in [1.82, 2.24) is 0 Å². The van der Waals surface area contributed by atoms with E-state index in [1.165, 1.54) is 0 Å². The molecule has 23 heavy (non-hydrogen) atoms. The summed E-state index contributed by atoms with van der Waals surface area (Å²) in [5.41, 5.74) is 0. The van der Waals surface area contributed by atoms with Crippen LogP contribution < -0.4 is 0 Å². The van der Waals surface area contributed by atoms with Crippen molar-refractivity contribution in [3.8, 4) is 0 Å². The van der Waals surface area contributed by atoms with Crippen LogP contribution in [0.15, 0.2) is 0 Å². The third-order valence-electron chi connectivity index (χ3n) is 1.53. The maximum atomic E-state index is 12.1. The van der Waals surface area contributed by atoms with E-state index in [2.05, 4.69) is 18.1 Å². The van der Waals surface area contributed by atoms with E-state index in [9.17, 15) is 44.3 Å². The highest BCUT2D eigenvalue weighted by atomic mass is 35.5. The Bertz CT molecular complexity index is 410. The van der Waals surface area contributed by atoms with E-state index < -0.39 is 45.5 Å². The van der Waals surface area contributed by atoms with E-state index in [1.807, 2.05) is 0 Å². The van der Waals surface area contributed by atoms with Crippen LogP contribution in [0.3, 0.4) is 0 Å². The molecule has 0 N–H and O–H groups in total. The summed E-state index contributed by atoms with van der Waals surface area (Å²) in [6.07, 6.45) is 0. The molecule has 0 amide bonds. The summed E-state index contributed by atoms with van der Waals surface area (Å²) >= 11 is 9.87. The lowest BCUT2D eigenvalue weighted by Crippen LogP contribution is -2.25. The van der Waals surface area contributed by atoms with Gasteiger partial charge in [0.05, 0.1) is 0 Å². The van der Waals surface area contributed by atoms with E-state index in [0.29, 0.717) is 0 Å². The molecule has 18 heteroatoms. The molecule has 140 valence electrons. The third-order valence-corrected chi connectivity index (χ3v) is 8.55. The average Bonchev–Trinajstić information content (AvgIpc) is 2.22. The highest BCUT2D eigenvalue weighted by molar-refractivity contribution is 7.80. The van der Waals surface area contributed by atoms with Gasteiger partial charge in [-0.1, -0.05) is 23.2 Å². The molecule has 0 aliphatic rings. The minimum absolute atomic E-state index is 3.06. The van der Waals surface area contributed by atoms with Gasteiger partial charge in [0, 0.05) is 0 Å². The number of rotatable bonds is 10. The van der Waals surface area contributed by atoms with Gasteiger partial charge in [0.1, 0.15) is 0 Å². The van der Waals surface area contributed by atoms with Crippen molar-refractivity contribution in [1.29, 1.82) is 0 Å². The zero-order valence-corrected chi connectivity index (χ0v) is 13.2. The normalized spacial score (nSPS) is 14.5. The second-order valence-electron chi connectivity index (χ2n) is 2.97. The first kappa shape index (κ1) is 23.3. The monoisotopic (exact) mass is 444 g/mol. The summed E-state index contributed by atoms with van der Waals surface area (Å²) < 4.78 is 128. The van der Waals surface area contributed by atoms with Crippen molar-refractivity contribution in [3.05, 3.63) is 0 Å². The van der Waals surface area contributed by atoms with Crippen LogP contribution in [0.5, 0.6) is 0 Å². The van der Waals surface area contributed by atoms with Gasteiger partial charge >= 0.3 is 45.5 Å². The van der Waals surface area contributed by atoms with Crippen LogP contribution >= 0.6 is 38.4 Å². The van der Waals surface area contributed by atoms with Crippen molar-refractivity contribution in [2.24, 2.45) is 0 Å². The first-order chi connectivity index (χ1) is 10.2. The van der Waals surface area contributed by atoms with Crippen LogP contribution in [0.1, 0.15) is 0 Å². The van der Waals surface area contributed by atoms with Crippen molar-refractivity contribution < 1.29 is 62.3 Å². The van der Waals surface area contributed by atoms with Gasteiger partial charge in [-0.05, 0) is 0 Å². The van der Waals surface area contributed by atoms with Crippen LogP contribution in [-0.2, 0) is 27.2 Å². The summed E-state index contributed by atoms with van der Waals surface area (Å²) in [6, 6.07) is 0. The zero-order chi connectivity index (χ0) is 18.6. The van der Waals surface area contributed by atoms with E-state index in [-0.39, 0.29) is 0 Å². The Morgan fingerprint density at radius 2 is 0.783 bits per heavy atom. The molecule has 0 aromatic carbocycles. The van der Waals surface area contributed by atoms with Crippen molar-refractivity contribution in [2.75, 3.05) is 0 Å². The fourth-order valence-corrected chi connectivity index (χ4v) is 5.04. The molecule has 0 heterocycles. The van der Waals surface area contributed by atoms with Gasteiger partial charge in [0.25, 0.3) is 0 Å². The lowest BCUT2D eigenvalue weighted by atomic mass is 11.5. The Labute approximate surface area is 132 Å². The molecule has 0 aromatic rings. The first-order valence-electron chi connectivity index (χ1n) is 4.61. The minimum Gasteiger partial charge on any atom is -0.256 e. The lowest BCUT2D eigenvalue weighted by Gasteiger charge is -2.32. The second-order valence-corrected chi connectivity index (χ2v) is 9.88. The van der Waals surface area contributed by atoms with Crippen molar-refractivity contribution >= 4 is 38.4 Å². The van der Waals surface area contributed by atoms with Crippen LogP contribution in [0.4, 0.5) is 35.1 Å². The van der Waals surface area contributed by atoms with Crippen molar-refractivity contribution in [2.45, 2.75) is 30.3 Å². The highest BCUT2D eigenvalue weighted by Gasteiger charge is 2.68. The number of hydrogen-bond acceptors (Lipinski definition) is 6. The largest absolute Gasteiger partial charge is 0.388 e. The molecular formula is C5H4Cl2F8O6P2. The Hall–Kier alpha value is 0.320. The van der Waals surface area contributed by atoms with Crippen LogP contribution in [0.25, 0.3) is 0 Å². The van der Waals surface area contributed by atoms with E-state index in [4.69, 9.17) is 23.2 Å². The van der Waals surface area contributed by atoms with E-state index in [1.54, 1.807) is 0 Å². The third kappa shape index (κ3) is 6.28. The van der Waals surface area contributed by atoms with Gasteiger partial charge in [0.2, 0.25) is 0 Å². The SMILES string of the molecule is O=P(OC(F)F)(OC(F)F)C(Cl)(Cl)P(=O)(OC(F)F)OC(F)F. The minimum atomic E-state index is -6.42. The number of hydrogen-bond donors (Lipinski definition) is 0. The molecule has 0 saturated heterocycles. The lowest BCUT2D eigenvalue weighted by molar-refractivity contribution is -0.104. The molecule has 0 atom stereocenters. The molecule has 0 rings (SSSR count). The standard InChI is InChI=1S/C5H4Cl2F8O6P2/c6-5(7,22(16,18-1(8)9)19-2(10)11)23(17,20-3(12)13)21-4(14)15/h1-4H. The smallest absolute Gasteiger partial charge is 0.256 e. The number of halogens is 10. The quantitative estimate of drug-likeness (QED) is 0.254. The summed E-state index contributed by atoms with van der Waals surface area (Å²) in [7, 11) is -12.8. The zero-order valence-electron chi connectivity index (χ0n) is 9.93. The fraction of sp³-hybridized carbons (Fsp3) is 1.00. The Balaban J connectivity index is 6.02. The van der Waals surface area contributed by atoms with Gasteiger partial charge in [-0.3, -0.25) is 9.13 Å². The van der Waals surface area contributed by atoms with Gasteiger partial charge in [-0.25, -0.2) is 18.1 Å². The van der Waals surface area contributed by atoms with Crippen LogP contribution in [0.2, 0.25) is 0 Å². The molecule has 0 spiro atoms. The molecule has 0 saturated carbocycles. The molecule has 0 bridgehead atoms. The summed E-state index contributed by atoms with van der Waals surface area (Å²) in [5, 5.41) is 0. The molecule has 0 radical (unpaired) electrons. The fourth-order valence-electron chi connectivity index (χ4n) is 0.873. The second kappa shape index (κ2) is 8.61. The average molecular weight is 445 g/mol.